The van der Waals surface area contributed by atoms with Crippen LogP contribution in [0.1, 0.15) is 38.0 Å². The van der Waals surface area contributed by atoms with Crippen LogP contribution in [-0.2, 0) is 4.74 Å². The number of carbonyl (C=O) groups is 3. The van der Waals surface area contributed by atoms with Gasteiger partial charge in [0.05, 0.1) is 18.4 Å². The number of amides is 2. The summed E-state index contributed by atoms with van der Waals surface area (Å²) in [4.78, 5) is 41.2. The molecule has 0 unspecified atom stereocenters. The molecule has 2 amide bonds. The minimum Gasteiger partial charge on any atom is -0.465 e. The highest BCUT2D eigenvalue weighted by molar-refractivity contribution is 6.08. The first-order valence-corrected chi connectivity index (χ1v) is 9.64. The van der Waals surface area contributed by atoms with Crippen LogP contribution < -0.4 is 5.32 Å². The van der Waals surface area contributed by atoms with Gasteiger partial charge < -0.3 is 19.9 Å². The Morgan fingerprint density at radius 1 is 0.931 bits per heavy atom. The fraction of sp³-hybridized carbons (Fsp3) is 0.318. The average molecular weight is 395 g/mol. The van der Waals surface area contributed by atoms with E-state index >= 15 is 0 Å². The van der Waals surface area contributed by atoms with Gasteiger partial charge in [-0.1, -0.05) is 19.1 Å². The van der Waals surface area contributed by atoms with E-state index < -0.39 is 5.97 Å². The second kappa shape index (κ2) is 9.34. The van der Waals surface area contributed by atoms with Crippen molar-refractivity contribution < 1.29 is 19.1 Å². The number of carbonyl (C=O) groups excluding carboxylic acids is 3. The molecule has 1 fully saturated rings. The molecule has 1 heterocycles. The SMILES string of the molecule is CCN1CCN(C(=O)c2ccc(C(=O)Nc3ccccc3C(=O)OC)cc2)CC1. The maximum Gasteiger partial charge on any atom is 0.339 e. The van der Waals surface area contributed by atoms with Gasteiger partial charge in [0.25, 0.3) is 11.8 Å². The number of benzene rings is 2. The molecular formula is C22H25N3O4. The standard InChI is InChI=1S/C22H25N3O4/c1-3-24-12-14-25(15-13-24)21(27)17-10-8-16(9-11-17)20(26)23-19-7-5-4-6-18(19)22(28)29-2/h4-11H,3,12-15H2,1-2H3,(H,23,26). The lowest BCUT2D eigenvalue weighted by atomic mass is 10.1. The molecule has 0 spiro atoms. The Labute approximate surface area is 170 Å². The van der Waals surface area contributed by atoms with Gasteiger partial charge in [0.2, 0.25) is 0 Å². The highest BCUT2D eigenvalue weighted by Crippen LogP contribution is 2.18. The first-order valence-electron chi connectivity index (χ1n) is 9.64. The Kier molecular flexibility index (Phi) is 6.61. The summed E-state index contributed by atoms with van der Waals surface area (Å²) in [6, 6.07) is 13.2. The second-order valence-electron chi connectivity index (χ2n) is 6.80. The Balaban J connectivity index is 1.67. The third kappa shape index (κ3) is 4.81. The monoisotopic (exact) mass is 395 g/mol. The van der Waals surface area contributed by atoms with Crippen molar-refractivity contribution in [1.29, 1.82) is 0 Å². The summed E-state index contributed by atoms with van der Waals surface area (Å²) in [6.45, 7) is 6.28. The molecule has 0 bridgehead atoms. The summed E-state index contributed by atoms with van der Waals surface area (Å²) in [6.07, 6.45) is 0. The molecule has 1 saturated heterocycles. The van der Waals surface area contributed by atoms with Crippen LogP contribution in [0, 0.1) is 0 Å². The van der Waals surface area contributed by atoms with E-state index in [9.17, 15) is 14.4 Å². The largest absolute Gasteiger partial charge is 0.465 e. The van der Waals surface area contributed by atoms with Crippen molar-refractivity contribution in [2.75, 3.05) is 45.2 Å². The topological polar surface area (TPSA) is 79.0 Å². The zero-order valence-electron chi connectivity index (χ0n) is 16.7. The van der Waals surface area contributed by atoms with Crippen LogP contribution in [0.3, 0.4) is 0 Å². The summed E-state index contributed by atoms with van der Waals surface area (Å²) in [7, 11) is 1.29. The number of methoxy groups -OCH3 is 1. The third-order valence-electron chi connectivity index (χ3n) is 5.08. The van der Waals surface area contributed by atoms with Gasteiger partial charge in [-0.2, -0.15) is 0 Å². The number of nitrogens with zero attached hydrogens (tertiary/aromatic N) is 2. The van der Waals surface area contributed by atoms with E-state index in [1.807, 2.05) is 4.90 Å². The lowest BCUT2D eigenvalue weighted by molar-refractivity contribution is 0.0600. The van der Waals surface area contributed by atoms with Gasteiger partial charge in [-0.05, 0) is 42.9 Å². The molecule has 0 aromatic heterocycles. The van der Waals surface area contributed by atoms with Crippen molar-refractivity contribution in [3.8, 4) is 0 Å². The van der Waals surface area contributed by atoms with E-state index in [1.165, 1.54) is 7.11 Å². The van der Waals surface area contributed by atoms with E-state index in [-0.39, 0.29) is 17.4 Å². The molecule has 7 heteroatoms. The van der Waals surface area contributed by atoms with Gasteiger partial charge >= 0.3 is 5.97 Å². The van der Waals surface area contributed by atoms with Crippen molar-refractivity contribution in [3.05, 3.63) is 65.2 Å². The molecule has 0 atom stereocenters. The Morgan fingerprint density at radius 3 is 2.17 bits per heavy atom. The van der Waals surface area contributed by atoms with Crippen molar-refractivity contribution in [2.45, 2.75) is 6.92 Å². The summed E-state index contributed by atoms with van der Waals surface area (Å²) in [5, 5.41) is 2.72. The highest BCUT2D eigenvalue weighted by atomic mass is 16.5. The van der Waals surface area contributed by atoms with Gasteiger partial charge in [0.1, 0.15) is 0 Å². The number of piperazine rings is 1. The molecular weight excluding hydrogens is 370 g/mol. The van der Waals surface area contributed by atoms with Gasteiger partial charge in [0.15, 0.2) is 0 Å². The quantitative estimate of drug-likeness (QED) is 0.787. The zero-order valence-corrected chi connectivity index (χ0v) is 16.7. The summed E-state index contributed by atoms with van der Waals surface area (Å²) >= 11 is 0. The average Bonchev–Trinajstić information content (AvgIpc) is 2.78. The number of rotatable bonds is 5. The molecule has 0 saturated carbocycles. The molecule has 1 aliphatic heterocycles. The van der Waals surface area contributed by atoms with Crippen LogP contribution in [0.15, 0.2) is 48.5 Å². The molecule has 29 heavy (non-hydrogen) atoms. The van der Waals surface area contributed by atoms with Crippen molar-refractivity contribution in [1.82, 2.24) is 9.80 Å². The van der Waals surface area contributed by atoms with E-state index in [2.05, 4.69) is 17.1 Å². The van der Waals surface area contributed by atoms with E-state index in [0.29, 0.717) is 29.9 Å². The van der Waals surface area contributed by atoms with Gasteiger partial charge in [-0.25, -0.2) is 4.79 Å². The molecule has 2 aromatic rings. The predicted octanol–water partition coefficient (Wildman–Crippen LogP) is 2.50. The van der Waals surface area contributed by atoms with Crippen LogP contribution in [0.25, 0.3) is 0 Å². The zero-order chi connectivity index (χ0) is 20.8. The number of hydrogen-bond acceptors (Lipinski definition) is 5. The van der Waals surface area contributed by atoms with Crippen LogP contribution in [-0.4, -0.2) is 67.4 Å². The number of esters is 1. The summed E-state index contributed by atoms with van der Waals surface area (Å²) < 4.78 is 4.74. The number of likely N-dealkylation sites (N-methyl/N-ethyl adjacent to an activating group) is 1. The van der Waals surface area contributed by atoms with Gasteiger partial charge in [0, 0.05) is 37.3 Å². The summed E-state index contributed by atoms with van der Waals surface area (Å²) in [5.74, 6) is -0.911. The molecule has 2 aromatic carbocycles. The van der Waals surface area contributed by atoms with Crippen molar-refractivity contribution in [2.24, 2.45) is 0 Å². The lowest BCUT2D eigenvalue weighted by Crippen LogP contribution is -2.48. The first-order chi connectivity index (χ1) is 14.0. The number of ether oxygens (including phenoxy) is 1. The van der Waals surface area contributed by atoms with Crippen LogP contribution in [0.2, 0.25) is 0 Å². The first kappa shape index (κ1) is 20.5. The fourth-order valence-electron chi connectivity index (χ4n) is 3.29. The van der Waals surface area contributed by atoms with E-state index in [1.54, 1.807) is 48.5 Å². The molecule has 7 nitrogen and oxygen atoms in total. The number of hydrogen-bond donors (Lipinski definition) is 1. The lowest BCUT2D eigenvalue weighted by Gasteiger charge is -2.34. The minimum absolute atomic E-state index is 0.0243. The van der Waals surface area contributed by atoms with Crippen LogP contribution in [0.4, 0.5) is 5.69 Å². The molecule has 0 radical (unpaired) electrons. The second-order valence-corrected chi connectivity index (χ2v) is 6.80. The van der Waals surface area contributed by atoms with Crippen LogP contribution >= 0.6 is 0 Å². The van der Waals surface area contributed by atoms with Gasteiger partial charge in [-0.15, -0.1) is 0 Å². The third-order valence-corrected chi connectivity index (χ3v) is 5.08. The number of nitrogens with one attached hydrogen (secondary N) is 1. The number of para-hydroxylation sites is 1. The fourth-order valence-corrected chi connectivity index (χ4v) is 3.29. The smallest absolute Gasteiger partial charge is 0.339 e. The molecule has 0 aliphatic carbocycles. The highest BCUT2D eigenvalue weighted by Gasteiger charge is 2.21. The maximum atomic E-state index is 12.7. The Bertz CT molecular complexity index is 887. The molecule has 152 valence electrons. The maximum absolute atomic E-state index is 12.7. The Hall–Kier alpha value is -3.19. The van der Waals surface area contributed by atoms with Gasteiger partial charge in [-0.3, -0.25) is 9.59 Å². The van der Waals surface area contributed by atoms with E-state index in [4.69, 9.17) is 4.74 Å². The molecule has 1 aliphatic rings. The predicted molar refractivity (Wildman–Crippen MR) is 110 cm³/mol. The van der Waals surface area contributed by atoms with Crippen molar-refractivity contribution >= 4 is 23.5 Å². The molecule has 1 N–H and O–H groups in total. The van der Waals surface area contributed by atoms with Crippen LogP contribution in [0.5, 0.6) is 0 Å². The Morgan fingerprint density at radius 2 is 1.55 bits per heavy atom. The van der Waals surface area contributed by atoms with Crippen molar-refractivity contribution in [3.63, 3.8) is 0 Å². The minimum atomic E-state index is -0.523. The van der Waals surface area contributed by atoms with E-state index in [0.717, 1.165) is 19.6 Å². The summed E-state index contributed by atoms with van der Waals surface area (Å²) in [5.41, 5.74) is 1.61. The molecule has 3 rings (SSSR count). The normalized spacial score (nSPS) is 14.3. The number of anilines is 1.